The van der Waals surface area contributed by atoms with E-state index in [0.717, 1.165) is 25.7 Å². The number of rotatable bonds is 9. The quantitative estimate of drug-likeness (QED) is 0.597. The molecule has 1 unspecified atom stereocenters. The molecule has 1 N–H and O–H groups in total. The van der Waals surface area contributed by atoms with E-state index in [1.165, 1.54) is 32.1 Å². The molecule has 2 heteroatoms. The predicted molar refractivity (Wildman–Crippen MR) is 66.5 cm³/mol. The van der Waals surface area contributed by atoms with E-state index in [9.17, 15) is 9.90 Å². The lowest BCUT2D eigenvalue weighted by atomic mass is 9.80. The van der Waals surface area contributed by atoms with Gasteiger partial charge in [-0.15, -0.1) is 0 Å². The van der Waals surface area contributed by atoms with Crippen LogP contribution in [0.25, 0.3) is 0 Å². The largest absolute Gasteiger partial charge is 0.481 e. The highest BCUT2D eigenvalue weighted by Gasteiger charge is 2.46. The molecule has 1 aliphatic rings. The van der Waals surface area contributed by atoms with Crippen molar-refractivity contribution in [2.75, 3.05) is 0 Å². The molecule has 2 nitrogen and oxygen atoms in total. The first-order chi connectivity index (χ1) is 7.61. The van der Waals surface area contributed by atoms with Crippen LogP contribution in [0, 0.1) is 11.3 Å². The summed E-state index contributed by atoms with van der Waals surface area (Å²) in [6.07, 6.45) is 10.6. The van der Waals surface area contributed by atoms with Crippen molar-refractivity contribution in [1.82, 2.24) is 0 Å². The smallest absolute Gasteiger partial charge is 0.309 e. The fourth-order valence-electron chi connectivity index (χ4n) is 2.48. The average molecular weight is 226 g/mol. The third-order valence-electron chi connectivity index (χ3n) is 4.02. The van der Waals surface area contributed by atoms with Gasteiger partial charge in [0.1, 0.15) is 0 Å². The molecule has 0 bridgehead atoms. The third kappa shape index (κ3) is 3.80. The number of carboxylic acid groups (broad SMARTS) is 1. The molecule has 0 amide bonds. The molecule has 0 aromatic carbocycles. The van der Waals surface area contributed by atoms with Gasteiger partial charge in [0.05, 0.1) is 5.41 Å². The van der Waals surface area contributed by atoms with Gasteiger partial charge in [0, 0.05) is 0 Å². The summed E-state index contributed by atoms with van der Waals surface area (Å²) in [5, 5.41) is 9.28. The Hall–Kier alpha value is -0.530. The van der Waals surface area contributed by atoms with E-state index in [0.29, 0.717) is 5.92 Å². The highest BCUT2D eigenvalue weighted by atomic mass is 16.4. The summed E-state index contributed by atoms with van der Waals surface area (Å²) < 4.78 is 0. The maximum atomic E-state index is 11.3. The molecule has 0 aromatic heterocycles. The average Bonchev–Trinajstić information content (AvgIpc) is 3.06. The second-order valence-electron chi connectivity index (χ2n) is 5.51. The summed E-state index contributed by atoms with van der Waals surface area (Å²) in [5.41, 5.74) is -0.426. The second-order valence-corrected chi connectivity index (χ2v) is 5.51. The molecule has 16 heavy (non-hydrogen) atoms. The lowest BCUT2D eigenvalue weighted by Gasteiger charge is -2.24. The van der Waals surface area contributed by atoms with Crippen molar-refractivity contribution in [3.05, 3.63) is 0 Å². The monoisotopic (exact) mass is 226 g/mol. The second kappa shape index (κ2) is 6.27. The first kappa shape index (κ1) is 13.5. The standard InChI is InChI=1S/C14H26O2/c1-3-4-5-6-7-8-11-14(2,13(15)16)12-9-10-12/h12H,3-11H2,1-2H3,(H,15,16). The van der Waals surface area contributed by atoms with Gasteiger partial charge in [-0.05, 0) is 32.1 Å². The van der Waals surface area contributed by atoms with Crippen molar-refractivity contribution in [2.45, 2.75) is 71.6 Å². The Labute approximate surface area is 99.4 Å². The molecule has 0 aromatic rings. The molecule has 1 atom stereocenters. The van der Waals surface area contributed by atoms with Crippen molar-refractivity contribution in [1.29, 1.82) is 0 Å². The molecule has 0 aliphatic heterocycles. The lowest BCUT2D eigenvalue weighted by molar-refractivity contribution is -0.149. The Kier molecular flexibility index (Phi) is 5.30. The van der Waals surface area contributed by atoms with Crippen LogP contribution in [0.3, 0.4) is 0 Å². The molecule has 0 radical (unpaired) electrons. The van der Waals surface area contributed by atoms with Gasteiger partial charge in [-0.3, -0.25) is 4.79 Å². The first-order valence-corrected chi connectivity index (χ1v) is 6.84. The molecular formula is C14H26O2. The molecule has 94 valence electrons. The molecule has 0 saturated heterocycles. The molecule has 0 spiro atoms. The summed E-state index contributed by atoms with van der Waals surface area (Å²) in [7, 11) is 0. The Morgan fingerprint density at radius 2 is 1.75 bits per heavy atom. The Morgan fingerprint density at radius 1 is 1.19 bits per heavy atom. The zero-order valence-electron chi connectivity index (χ0n) is 10.8. The van der Waals surface area contributed by atoms with Crippen LogP contribution in [0.5, 0.6) is 0 Å². The minimum absolute atomic E-state index is 0.426. The zero-order valence-corrected chi connectivity index (χ0v) is 10.8. The molecule has 0 heterocycles. The van der Waals surface area contributed by atoms with E-state index in [1.54, 1.807) is 0 Å². The Balaban J connectivity index is 2.16. The molecule has 1 rings (SSSR count). The van der Waals surface area contributed by atoms with Crippen molar-refractivity contribution in [3.63, 3.8) is 0 Å². The summed E-state index contributed by atoms with van der Waals surface area (Å²) in [6, 6.07) is 0. The van der Waals surface area contributed by atoms with Crippen molar-refractivity contribution in [3.8, 4) is 0 Å². The summed E-state index contributed by atoms with van der Waals surface area (Å²) in [6.45, 7) is 4.16. The van der Waals surface area contributed by atoms with Gasteiger partial charge >= 0.3 is 5.97 Å². The Bertz CT molecular complexity index is 221. The maximum absolute atomic E-state index is 11.3. The van der Waals surface area contributed by atoms with E-state index in [4.69, 9.17) is 0 Å². The van der Waals surface area contributed by atoms with E-state index in [-0.39, 0.29) is 0 Å². The van der Waals surface area contributed by atoms with Crippen LogP contribution in [-0.2, 0) is 4.79 Å². The van der Waals surface area contributed by atoms with Crippen LogP contribution in [-0.4, -0.2) is 11.1 Å². The van der Waals surface area contributed by atoms with E-state index in [2.05, 4.69) is 6.92 Å². The maximum Gasteiger partial charge on any atom is 0.309 e. The van der Waals surface area contributed by atoms with Gasteiger partial charge in [0.25, 0.3) is 0 Å². The highest BCUT2D eigenvalue weighted by Crippen LogP contribution is 2.48. The number of carbonyl (C=O) groups is 1. The molecule has 1 saturated carbocycles. The number of unbranched alkanes of at least 4 members (excludes halogenated alkanes) is 5. The minimum Gasteiger partial charge on any atom is -0.481 e. The van der Waals surface area contributed by atoms with Crippen LogP contribution in [0.15, 0.2) is 0 Å². The fourth-order valence-corrected chi connectivity index (χ4v) is 2.48. The van der Waals surface area contributed by atoms with E-state index >= 15 is 0 Å². The van der Waals surface area contributed by atoms with Gasteiger partial charge in [-0.25, -0.2) is 0 Å². The van der Waals surface area contributed by atoms with Crippen molar-refractivity contribution < 1.29 is 9.90 Å². The van der Waals surface area contributed by atoms with Crippen LogP contribution < -0.4 is 0 Å². The number of aliphatic carboxylic acids is 1. The Morgan fingerprint density at radius 3 is 2.25 bits per heavy atom. The van der Waals surface area contributed by atoms with E-state index < -0.39 is 11.4 Å². The van der Waals surface area contributed by atoms with Crippen LogP contribution in [0.2, 0.25) is 0 Å². The van der Waals surface area contributed by atoms with Crippen molar-refractivity contribution >= 4 is 5.97 Å². The van der Waals surface area contributed by atoms with Crippen LogP contribution in [0.1, 0.15) is 71.6 Å². The SMILES string of the molecule is CCCCCCCCC(C)(C(=O)O)C1CC1. The lowest BCUT2D eigenvalue weighted by Crippen LogP contribution is -2.29. The molecule has 1 fully saturated rings. The van der Waals surface area contributed by atoms with Gasteiger partial charge in [0.2, 0.25) is 0 Å². The minimum atomic E-state index is -0.580. The van der Waals surface area contributed by atoms with Crippen molar-refractivity contribution in [2.24, 2.45) is 11.3 Å². The normalized spacial score (nSPS) is 19.4. The molecule has 1 aliphatic carbocycles. The summed E-state index contributed by atoms with van der Waals surface area (Å²) in [5.74, 6) is -0.121. The van der Waals surface area contributed by atoms with Gasteiger partial charge in [-0.1, -0.05) is 45.4 Å². The topological polar surface area (TPSA) is 37.3 Å². The van der Waals surface area contributed by atoms with Gasteiger partial charge in [0.15, 0.2) is 0 Å². The number of carboxylic acids is 1. The third-order valence-corrected chi connectivity index (χ3v) is 4.02. The highest BCUT2D eigenvalue weighted by molar-refractivity contribution is 5.75. The van der Waals surface area contributed by atoms with Crippen LogP contribution in [0.4, 0.5) is 0 Å². The predicted octanol–water partition coefficient (Wildman–Crippen LogP) is 4.24. The van der Waals surface area contributed by atoms with Crippen LogP contribution >= 0.6 is 0 Å². The molecular weight excluding hydrogens is 200 g/mol. The first-order valence-electron chi connectivity index (χ1n) is 6.84. The van der Waals surface area contributed by atoms with Gasteiger partial charge < -0.3 is 5.11 Å². The summed E-state index contributed by atoms with van der Waals surface area (Å²) >= 11 is 0. The fraction of sp³-hybridized carbons (Fsp3) is 0.929. The van der Waals surface area contributed by atoms with E-state index in [1.807, 2.05) is 6.92 Å². The summed E-state index contributed by atoms with van der Waals surface area (Å²) in [4.78, 5) is 11.3. The number of hydrogen-bond acceptors (Lipinski definition) is 1. The number of hydrogen-bond donors (Lipinski definition) is 1. The zero-order chi connectivity index (χ0) is 12.0. The van der Waals surface area contributed by atoms with Gasteiger partial charge in [-0.2, -0.15) is 0 Å².